The molecule has 11 heteroatoms. The summed E-state index contributed by atoms with van der Waals surface area (Å²) in [5.74, 6) is 2.32. The van der Waals surface area contributed by atoms with E-state index in [1.165, 1.54) is 0 Å². The number of benzene rings is 2. The Morgan fingerprint density at radius 2 is 2.05 bits per heavy atom. The molecule has 2 N–H and O–H groups in total. The lowest BCUT2D eigenvalue weighted by Gasteiger charge is -2.59. The van der Waals surface area contributed by atoms with Crippen molar-refractivity contribution in [3.63, 3.8) is 0 Å². The fraction of sp³-hybridized carbons (Fsp3) is 0.483. The van der Waals surface area contributed by atoms with Crippen LogP contribution in [0, 0.1) is 32.1 Å². The number of aliphatic hydroxyl groups is 1. The average molecular weight is 584 g/mol. The third-order valence-corrected chi connectivity index (χ3v) is 8.94. The molecule has 1 fully saturated rings. The van der Waals surface area contributed by atoms with Crippen LogP contribution >= 0.6 is 21.6 Å². The summed E-state index contributed by atoms with van der Waals surface area (Å²) in [6, 6.07) is 3.46. The summed E-state index contributed by atoms with van der Waals surface area (Å²) in [5.41, 5.74) is 6.64. The lowest BCUT2D eigenvalue weighted by Crippen LogP contribution is -2.68. The second-order valence-corrected chi connectivity index (χ2v) is 11.9. The highest BCUT2D eigenvalue weighted by Gasteiger charge is 2.56. The predicted molar refractivity (Wildman–Crippen MR) is 163 cm³/mol. The van der Waals surface area contributed by atoms with Gasteiger partial charge in [0, 0.05) is 34.3 Å². The molecule has 2 unspecified atom stereocenters. The zero-order valence-corrected chi connectivity index (χ0v) is 25.4. The van der Waals surface area contributed by atoms with E-state index < -0.39 is 12.1 Å². The Morgan fingerprint density at radius 3 is 2.73 bits per heavy atom. The number of hydrogen-bond acceptors (Lipinski definition) is 9. The maximum atomic E-state index is 11.4. The lowest BCUT2D eigenvalue weighted by atomic mass is 9.71. The first-order valence-electron chi connectivity index (χ1n) is 14.4. The van der Waals surface area contributed by atoms with E-state index in [9.17, 15) is 10.4 Å². The van der Waals surface area contributed by atoms with Gasteiger partial charge in [0.25, 0.3) is 0 Å². The largest absolute Gasteiger partial charge is 0.507 e. The Morgan fingerprint density at radius 1 is 1.32 bits per heavy atom. The molecule has 6 rings (SSSR count). The zero-order chi connectivity index (χ0) is 30.5. The monoisotopic (exact) mass is 584 g/mol. The Hall–Kier alpha value is -2.41. The average Bonchev–Trinajstić information content (AvgIpc) is 3.43. The molecule has 4 heterocycles. The molecular weight excluding hydrogens is 544 g/mol. The van der Waals surface area contributed by atoms with E-state index in [0.717, 1.165) is 44.7 Å². The number of nitrogens with zero attached hydrogens (tertiary/aromatic N) is 3. The van der Waals surface area contributed by atoms with Gasteiger partial charge in [-0.2, -0.15) is 14.4 Å². The van der Waals surface area contributed by atoms with E-state index in [0.29, 0.717) is 36.7 Å². The highest BCUT2D eigenvalue weighted by molar-refractivity contribution is 8.20. The zero-order valence-electron chi connectivity index (χ0n) is 25.3. The number of nitriles is 1. The van der Waals surface area contributed by atoms with Gasteiger partial charge in [-0.3, -0.25) is 9.80 Å². The van der Waals surface area contributed by atoms with Crippen LogP contribution in [0.4, 0.5) is 0 Å². The molecule has 4 aliphatic heterocycles. The minimum atomic E-state index is -0.455. The molecule has 0 amide bonds. The van der Waals surface area contributed by atoms with Gasteiger partial charge in [-0.1, -0.05) is 18.7 Å². The van der Waals surface area contributed by atoms with Crippen LogP contribution in [0.2, 0.25) is 0 Å². The van der Waals surface area contributed by atoms with Crippen LogP contribution in [0.25, 0.3) is 0 Å². The van der Waals surface area contributed by atoms with E-state index in [-0.39, 0.29) is 37.8 Å². The minimum absolute atomic E-state index is 0.0519. The summed E-state index contributed by atoms with van der Waals surface area (Å²) in [6.45, 7) is 10.2. The second-order valence-electron chi connectivity index (χ2n) is 10.8. The van der Waals surface area contributed by atoms with E-state index in [1.807, 2.05) is 20.8 Å². The number of ether oxygens (including phenoxy) is 3. The van der Waals surface area contributed by atoms with E-state index in [1.54, 1.807) is 6.08 Å². The standard InChI is InChI=1S/C29H33N3O5.BH4PS/c1-6-7-35-27-16(4)28-29(37-13-36-28)24-18(27)10-20-25-23-17(8-14(2)15(3)26(23)34)9-19(31(25)5)21(11-30)32(20)22(24)12-33;2-1-3/h6,8,19-22,25,33-34H,1,7,9-10,12-13H2,2-5H3;1,3H,2H2/t19-,20?,21-,22-,25-;/m0./s1/i33T;1D. The first-order valence-corrected chi connectivity index (χ1v) is 14.6. The van der Waals surface area contributed by atoms with Crippen molar-refractivity contribution in [1.82, 2.24) is 9.80 Å². The molecule has 0 radical (unpaired) electrons. The molecule has 2 bridgehead atoms. The number of phenolic OH excluding ortho intramolecular Hbond substituents is 1. The van der Waals surface area contributed by atoms with Crippen molar-refractivity contribution >= 4 is 27.8 Å². The van der Waals surface area contributed by atoms with Crippen molar-refractivity contribution in [2.24, 2.45) is 0 Å². The number of phenols is 1. The molecule has 0 spiro atoms. The van der Waals surface area contributed by atoms with Gasteiger partial charge in [0.1, 0.15) is 24.1 Å². The normalized spacial score (nSPS) is 26.6. The molecule has 6 atom stereocenters. The molecule has 0 saturated carbocycles. The number of likely N-dealkylation sites (N-methyl/N-ethyl adjacent to an activating group) is 1. The maximum Gasteiger partial charge on any atom is 0.231 e. The van der Waals surface area contributed by atoms with Gasteiger partial charge in [0.15, 0.2) is 11.5 Å². The van der Waals surface area contributed by atoms with Gasteiger partial charge in [0.05, 0.1) is 24.8 Å². The molecule has 1 saturated heterocycles. The van der Waals surface area contributed by atoms with Crippen LogP contribution in [0.5, 0.6) is 23.0 Å². The van der Waals surface area contributed by atoms with Crippen molar-refractivity contribution in [2.45, 2.75) is 63.8 Å². The van der Waals surface area contributed by atoms with Crippen LogP contribution in [0.15, 0.2) is 18.7 Å². The predicted octanol–water partition coefficient (Wildman–Crippen LogP) is 3.43. The van der Waals surface area contributed by atoms with Gasteiger partial charge in [-0.15, -0.1) is 0 Å². The van der Waals surface area contributed by atoms with Gasteiger partial charge < -0.3 is 24.4 Å². The molecule has 2 aromatic rings. The van der Waals surface area contributed by atoms with Crippen LogP contribution in [0.3, 0.4) is 0 Å². The summed E-state index contributed by atoms with van der Waals surface area (Å²) >= 11 is 3.60. The van der Waals surface area contributed by atoms with E-state index >= 15 is 0 Å². The number of aryl methyl sites for hydroxylation is 1. The SMILES string of the molecule is [2H]B(P)S.[3H]OC[C@H]1c2c(c(OCC=C)c(C)c3c2OCO3)CC2[C@H]3c4c(cc(C)c(C)c4O)C[C@@H]([C@H](C#N)N21)N3C. The molecule has 212 valence electrons. The molecule has 2 aromatic carbocycles. The molecule has 40 heavy (non-hydrogen) atoms. The molecule has 8 nitrogen and oxygen atoms in total. The third-order valence-electron chi connectivity index (χ3n) is 8.94. The molecular formula is C29H37BN3O5PS. The van der Waals surface area contributed by atoms with Gasteiger partial charge in [0.2, 0.25) is 14.5 Å². The molecule has 0 aliphatic carbocycles. The number of hydrogen-bond donors (Lipinski definition) is 3. The minimum Gasteiger partial charge on any atom is -0.507 e. The van der Waals surface area contributed by atoms with Crippen molar-refractivity contribution < 1.29 is 24.4 Å². The summed E-state index contributed by atoms with van der Waals surface area (Å²) < 4.78 is 32.3. The van der Waals surface area contributed by atoms with Crippen molar-refractivity contribution in [3.05, 3.63) is 57.7 Å². The Labute approximate surface area is 247 Å². The van der Waals surface area contributed by atoms with E-state index in [2.05, 4.69) is 57.2 Å². The van der Waals surface area contributed by atoms with Crippen molar-refractivity contribution in [1.29, 1.82) is 8.03 Å². The van der Waals surface area contributed by atoms with Crippen molar-refractivity contribution in [3.8, 4) is 29.1 Å². The van der Waals surface area contributed by atoms with Crippen LogP contribution in [-0.2, 0) is 12.8 Å². The number of aliphatic hydroxyl groups excluding tert-OH is 1. The Kier molecular flexibility index (Phi) is 7.59. The lowest BCUT2D eigenvalue weighted by molar-refractivity contribution is -0.0825. The first-order chi connectivity index (χ1) is 20.1. The summed E-state index contributed by atoms with van der Waals surface area (Å²) in [7, 11) is 4.24. The fourth-order valence-electron chi connectivity index (χ4n) is 7.19. The third kappa shape index (κ3) is 4.29. The number of rotatable bonds is 5. The van der Waals surface area contributed by atoms with Gasteiger partial charge in [-0.05, 0) is 58.7 Å². The number of aromatic hydroxyl groups is 1. The highest BCUT2D eigenvalue weighted by atomic mass is 32.1. The second kappa shape index (κ2) is 11.5. The van der Waals surface area contributed by atoms with Crippen LogP contribution < -0.4 is 14.2 Å². The van der Waals surface area contributed by atoms with Crippen LogP contribution in [0.1, 0.15) is 51.0 Å². The maximum absolute atomic E-state index is 11.4. The highest BCUT2D eigenvalue weighted by Crippen LogP contribution is 2.57. The number of fused-ring (bicyclic) bond motifs is 9. The van der Waals surface area contributed by atoms with Crippen molar-refractivity contribution in [2.75, 3.05) is 27.1 Å². The quantitative estimate of drug-likeness (QED) is 0.213. The smallest absolute Gasteiger partial charge is 0.231 e. The van der Waals surface area contributed by atoms with E-state index in [4.69, 9.17) is 22.1 Å². The summed E-state index contributed by atoms with van der Waals surface area (Å²) in [4.78, 5) is 4.47. The first kappa shape index (κ1) is 26.5. The number of thiol groups is 1. The summed E-state index contributed by atoms with van der Waals surface area (Å²) in [5, 5.41) is 27.0. The Bertz CT molecular complexity index is 1440. The summed E-state index contributed by atoms with van der Waals surface area (Å²) in [6.07, 6.45) is 2.62. The van der Waals surface area contributed by atoms with Gasteiger partial charge in [-0.25, -0.2) is 12.5 Å². The Balaban J connectivity index is 0.000000830. The number of piperazine rings is 1. The topological polar surface area (TPSA) is 98.4 Å². The fourth-order valence-corrected chi connectivity index (χ4v) is 7.19. The molecule has 4 aliphatic rings. The van der Waals surface area contributed by atoms with Gasteiger partial charge >= 0.3 is 0 Å². The van der Waals surface area contributed by atoms with Crippen LogP contribution in [-0.4, -0.2) is 74.2 Å². The molecule has 0 aromatic heterocycles.